The highest BCUT2D eigenvalue weighted by Gasteiger charge is 2.31. The van der Waals surface area contributed by atoms with Crippen molar-refractivity contribution in [1.82, 2.24) is 20.4 Å². The number of thioether (sulfide) groups is 1. The van der Waals surface area contributed by atoms with Crippen LogP contribution in [0.1, 0.15) is 29.3 Å². The summed E-state index contributed by atoms with van der Waals surface area (Å²) in [4.78, 5) is 28.4. The Hall–Kier alpha value is -3.01. The lowest BCUT2D eigenvalue weighted by molar-refractivity contribution is -0.137. The molecule has 0 radical (unpaired) electrons. The van der Waals surface area contributed by atoms with Gasteiger partial charge in [-0.05, 0) is 36.8 Å². The van der Waals surface area contributed by atoms with Gasteiger partial charge in [-0.3, -0.25) is 20.4 Å². The number of imidazole rings is 1. The van der Waals surface area contributed by atoms with E-state index in [-0.39, 0.29) is 5.75 Å². The monoisotopic (exact) mass is 436 g/mol. The van der Waals surface area contributed by atoms with E-state index in [0.717, 1.165) is 23.9 Å². The molecule has 0 unspecified atom stereocenters. The van der Waals surface area contributed by atoms with Gasteiger partial charge in [0.1, 0.15) is 0 Å². The predicted molar refractivity (Wildman–Crippen MR) is 108 cm³/mol. The highest BCUT2D eigenvalue weighted by Crippen LogP contribution is 2.33. The van der Waals surface area contributed by atoms with Crippen molar-refractivity contribution >= 4 is 34.6 Å². The Morgan fingerprint density at radius 3 is 2.50 bits per heavy atom. The van der Waals surface area contributed by atoms with Gasteiger partial charge >= 0.3 is 6.18 Å². The molecule has 10 heteroatoms. The number of nitrogens with one attached hydrogen (secondary N) is 2. The molecule has 30 heavy (non-hydrogen) atoms. The van der Waals surface area contributed by atoms with Crippen molar-refractivity contribution < 1.29 is 22.8 Å². The van der Waals surface area contributed by atoms with Crippen LogP contribution < -0.4 is 10.9 Å². The van der Waals surface area contributed by atoms with Crippen LogP contribution in [0.2, 0.25) is 0 Å². The third kappa shape index (κ3) is 5.12. The molecule has 0 saturated heterocycles. The normalized spacial score (nSPS) is 11.5. The molecule has 0 saturated carbocycles. The van der Waals surface area contributed by atoms with Crippen molar-refractivity contribution in [3.05, 3.63) is 59.7 Å². The maximum atomic E-state index is 13.0. The van der Waals surface area contributed by atoms with Gasteiger partial charge in [-0.2, -0.15) is 13.2 Å². The van der Waals surface area contributed by atoms with Gasteiger partial charge in [0.25, 0.3) is 5.91 Å². The quantitative estimate of drug-likeness (QED) is 0.452. The highest BCUT2D eigenvalue weighted by atomic mass is 32.2. The topological polar surface area (TPSA) is 76.0 Å². The van der Waals surface area contributed by atoms with E-state index in [0.29, 0.717) is 34.7 Å². The Morgan fingerprint density at radius 2 is 1.83 bits per heavy atom. The third-order valence-electron chi connectivity index (χ3n) is 4.17. The Labute approximate surface area is 174 Å². The number of amides is 2. The van der Waals surface area contributed by atoms with Gasteiger partial charge < -0.3 is 4.57 Å². The Balaban J connectivity index is 1.68. The number of carbonyl (C=O) groups excluding carboxylic acids is 2. The molecule has 0 spiro atoms. The van der Waals surface area contributed by atoms with E-state index >= 15 is 0 Å². The van der Waals surface area contributed by atoms with Gasteiger partial charge in [0.2, 0.25) is 5.91 Å². The number of hydrogen-bond donors (Lipinski definition) is 2. The zero-order valence-corrected chi connectivity index (χ0v) is 16.8. The Morgan fingerprint density at radius 1 is 1.10 bits per heavy atom. The molecule has 0 fully saturated rings. The summed E-state index contributed by atoms with van der Waals surface area (Å²) in [5.41, 5.74) is 5.09. The van der Waals surface area contributed by atoms with Gasteiger partial charge in [0, 0.05) is 12.1 Å². The van der Waals surface area contributed by atoms with E-state index < -0.39 is 23.6 Å². The van der Waals surface area contributed by atoms with E-state index in [1.807, 2.05) is 6.92 Å². The fourth-order valence-corrected chi connectivity index (χ4v) is 3.62. The van der Waals surface area contributed by atoms with Gasteiger partial charge in [-0.15, -0.1) is 0 Å². The first-order chi connectivity index (χ1) is 14.3. The number of nitrogens with zero attached hydrogens (tertiary/aromatic N) is 2. The number of alkyl halides is 3. The Kier molecular flexibility index (Phi) is 6.66. The lowest BCUT2D eigenvalue weighted by Gasteiger charge is -2.10. The molecule has 0 atom stereocenters. The number of benzene rings is 2. The number of carbonyl (C=O) groups is 2. The van der Waals surface area contributed by atoms with Crippen LogP contribution in [-0.4, -0.2) is 27.1 Å². The first-order valence-electron chi connectivity index (χ1n) is 9.14. The molecule has 1 heterocycles. The van der Waals surface area contributed by atoms with E-state index in [4.69, 9.17) is 0 Å². The second-order valence-electron chi connectivity index (χ2n) is 6.40. The van der Waals surface area contributed by atoms with Crippen LogP contribution in [0.4, 0.5) is 13.2 Å². The molecule has 6 nitrogen and oxygen atoms in total. The average molecular weight is 436 g/mol. The SMILES string of the molecule is CCCn1c(SCC(=O)NNC(=O)c2ccccc2)nc2ccc(C(F)(F)F)cc21. The van der Waals surface area contributed by atoms with Crippen LogP contribution in [0.5, 0.6) is 0 Å². The molecule has 2 N–H and O–H groups in total. The van der Waals surface area contributed by atoms with Crippen molar-refractivity contribution in [2.75, 3.05) is 5.75 Å². The van der Waals surface area contributed by atoms with Crippen LogP contribution in [0.3, 0.4) is 0 Å². The molecule has 0 aliphatic rings. The molecule has 2 aromatic carbocycles. The third-order valence-corrected chi connectivity index (χ3v) is 5.15. The minimum absolute atomic E-state index is 0.0613. The molecule has 3 aromatic rings. The summed E-state index contributed by atoms with van der Waals surface area (Å²) in [7, 11) is 0. The molecule has 158 valence electrons. The van der Waals surface area contributed by atoms with E-state index in [1.165, 1.54) is 6.07 Å². The smallest absolute Gasteiger partial charge is 0.319 e. The van der Waals surface area contributed by atoms with Crippen LogP contribution in [-0.2, 0) is 17.5 Å². The molecular formula is C20H19F3N4O2S. The van der Waals surface area contributed by atoms with Crippen molar-refractivity contribution in [3.63, 3.8) is 0 Å². The zero-order valence-electron chi connectivity index (χ0n) is 16.0. The predicted octanol–water partition coefficient (Wildman–Crippen LogP) is 4.02. The van der Waals surface area contributed by atoms with Gasteiger partial charge in [-0.1, -0.05) is 36.9 Å². The van der Waals surface area contributed by atoms with Gasteiger partial charge in [0.15, 0.2) is 5.16 Å². The molecule has 2 amide bonds. The zero-order chi connectivity index (χ0) is 21.7. The number of aromatic nitrogens is 2. The maximum Gasteiger partial charge on any atom is 0.416 e. The summed E-state index contributed by atoms with van der Waals surface area (Å²) in [6, 6.07) is 11.8. The summed E-state index contributed by atoms with van der Waals surface area (Å²) in [6.07, 6.45) is -3.76. The van der Waals surface area contributed by atoms with Crippen molar-refractivity contribution in [3.8, 4) is 0 Å². The largest absolute Gasteiger partial charge is 0.416 e. The average Bonchev–Trinajstić information content (AvgIpc) is 3.07. The minimum Gasteiger partial charge on any atom is -0.319 e. The minimum atomic E-state index is -4.44. The number of aryl methyl sites for hydroxylation is 1. The van der Waals surface area contributed by atoms with Crippen molar-refractivity contribution in [1.29, 1.82) is 0 Å². The van der Waals surface area contributed by atoms with Gasteiger partial charge in [-0.25, -0.2) is 4.98 Å². The second kappa shape index (κ2) is 9.21. The fourth-order valence-electron chi connectivity index (χ4n) is 2.78. The maximum absolute atomic E-state index is 13.0. The molecular weight excluding hydrogens is 417 g/mol. The van der Waals surface area contributed by atoms with Gasteiger partial charge in [0.05, 0.1) is 22.3 Å². The number of fused-ring (bicyclic) bond motifs is 1. The Bertz CT molecular complexity index is 1050. The molecule has 0 aliphatic heterocycles. The number of rotatable bonds is 6. The summed E-state index contributed by atoms with van der Waals surface area (Å²) in [5, 5.41) is 0.440. The second-order valence-corrected chi connectivity index (χ2v) is 7.35. The summed E-state index contributed by atoms with van der Waals surface area (Å²) >= 11 is 1.09. The first kappa shape index (κ1) is 21.7. The lowest BCUT2D eigenvalue weighted by Crippen LogP contribution is -2.42. The summed E-state index contributed by atoms with van der Waals surface area (Å²) in [6.45, 7) is 2.37. The molecule has 1 aromatic heterocycles. The summed E-state index contributed by atoms with van der Waals surface area (Å²) in [5.74, 6) is -0.976. The summed E-state index contributed by atoms with van der Waals surface area (Å²) < 4.78 is 40.8. The van der Waals surface area contributed by atoms with Crippen LogP contribution in [0.25, 0.3) is 11.0 Å². The van der Waals surface area contributed by atoms with E-state index in [2.05, 4.69) is 15.8 Å². The van der Waals surface area contributed by atoms with Crippen molar-refractivity contribution in [2.45, 2.75) is 31.2 Å². The highest BCUT2D eigenvalue weighted by molar-refractivity contribution is 7.99. The van der Waals surface area contributed by atoms with Crippen LogP contribution in [0, 0.1) is 0 Å². The molecule has 3 rings (SSSR count). The van der Waals surface area contributed by atoms with E-state index in [1.54, 1.807) is 34.9 Å². The number of hydrogen-bond acceptors (Lipinski definition) is 4. The first-order valence-corrected chi connectivity index (χ1v) is 10.1. The van der Waals surface area contributed by atoms with Crippen molar-refractivity contribution in [2.24, 2.45) is 0 Å². The standard InChI is InChI=1S/C20H19F3N4O2S/c1-2-10-27-16-11-14(20(21,22)23)8-9-15(16)24-19(27)30-12-17(28)25-26-18(29)13-6-4-3-5-7-13/h3-9,11H,2,10,12H2,1H3,(H,25,28)(H,26,29). The lowest BCUT2D eigenvalue weighted by atomic mass is 10.2. The molecule has 0 aliphatic carbocycles. The van der Waals surface area contributed by atoms with E-state index in [9.17, 15) is 22.8 Å². The van der Waals surface area contributed by atoms with Crippen LogP contribution >= 0.6 is 11.8 Å². The fraction of sp³-hybridized carbons (Fsp3) is 0.250. The number of halogens is 3. The number of hydrazine groups is 1. The van der Waals surface area contributed by atoms with Crippen LogP contribution in [0.15, 0.2) is 53.7 Å². The molecule has 0 bridgehead atoms.